The highest BCUT2D eigenvalue weighted by Gasteiger charge is 2.06. The number of carbonyl (C=O) groups is 2. The van der Waals surface area contributed by atoms with Gasteiger partial charge in [0.2, 0.25) is 0 Å². The number of Topliss-reactive ketones (excluding diaryl/α,β-unsaturated/α-hetero) is 2. The van der Waals surface area contributed by atoms with E-state index in [2.05, 4.69) is 0 Å². The van der Waals surface area contributed by atoms with Gasteiger partial charge in [0.15, 0.2) is 11.6 Å². The van der Waals surface area contributed by atoms with Gasteiger partial charge in [-0.15, -0.1) is 0 Å². The fraction of sp³-hybridized carbons (Fsp3) is 0.143. The predicted molar refractivity (Wildman–Crippen MR) is 69.9 cm³/mol. The van der Waals surface area contributed by atoms with Gasteiger partial charge in [0.1, 0.15) is 0 Å². The minimum atomic E-state index is -0.224. The first-order valence-electron chi connectivity index (χ1n) is 5.16. The minimum Gasteiger partial charge on any atom is -0.294 e. The molecule has 0 saturated carbocycles. The third-order valence-corrected chi connectivity index (χ3v) is 2.43. The van der Waals surface area contributed by atoms with Gasteiger partial charge in [0, 0.05) is 5.02 Å². The molecule has 0 unspecified atom stereocenters. The average Bonchev–Trinajstić information content (AvgIpc) is 2.25. The monoisotopic (exact) mass is 248 g/mol. The Hall–Kier alpha value is -1.67. The highest BCUT2D eigenvalue weighted by molar-refractivity contribution is 6.30. The third kappa shape index (κ3) is 4.37. The highest BCUT2D eigenvalue weighted by Crippen LogP contribution is 2.11. The van der Waals surface area contributed by atoms with Crippen molar-refractivity contribution in [2.24, 2.45) is 0 Å². The van der Waals surface area contributed by atoms with Gasteiger partial charge < -0.3 is 0 Å². The number of benzene rings is 1. The molecular weight excluding hydrogens is 236 g/mol. The molecule has 0 heterocycles. The topological polar surface area (TPSA) is 34.1 Å². The molecule has 2 nitrogen and oxygen atoms in total. The predicted octanol–water partition coefficient (Wildman–Crippen LogP) is 3.46. The maximum Gasteiger partial charge on any atom is 0.163 e. The SMILES string of the molecule is CC(=O)C(=C/C=C/c1ccc(Cl)cc1)C(C)=O. The summed E-state index contributed by atoms with van der Waals surface area (Å²) in [5, 5.41) is 0.672. The lowest BCUT2D eigenvalue weighted by atomic mass is 10.1. The van der Waals surface area contributed by atoms with Crippen LogP contribution < -0.4 is 0 Å². The zero-order valence-corrected chi connectivity index (χ0v) is 10.5. The number of allylic oxidation sites excluding steroid dienone is 3. The van der Waals surface area contributed by atoms with Crippen molar-refractivity contribution in [3.63, 3.8) is 0 Å². The summed E-state index contributed by atoms with van der Waals surface area (Å²) in [5.74, 6) is -0.448. The lowest BCUT2D eigenvalue weighted by molar-refractivity contribution is -0.119. The van der Waals surface area contributed by atoms with E-state index in [1.165, 1.54) is 19.9 Å². The zero-order chi connectivity index (χ0) is 12.8. The van der Waals surface area contributed by atoms with Crippen LogP contribution in [-0.4, -0.2) is 11.6 Å². The van der Waals surface area contributed by atoms with Crippen LogP contribution >= 0.6 is 11.6 Å². The van der Waals surface area contributed by atoms with Gasteiger partial charge in [-0.05, 0) is 37.6 Å². The molecular formula is C14H13ClO2. The first-order valence-corrected chi connectivity index (χ1v) is 5.54. The molecule has 1 rings (SSSR count). The van der Waals surface area contributed by atoms with E-state index in [0.717, 1.165) is 5.56 Å². The standard InChI is InChI=1S/C14H13ClO2/c1-10(16)14(11(2)17)5-3-4-12-6-8-13(15)9-7-12/h3-9H,1-2H3/b4-3+. The number of hydrogen-bond donors (Lipinski definition) is 0. The maximum atomic E-state index is 11.1. The van der Waals surface area contributed by atoms with E-state index < -0.39 is 0 Å². The number of carbonyl (C=O) groups excluding carboxylic acids is 2. The van der Waals surface area contributed by atoms with Crippen molar-refractivity contribution in [1.82, 2.24) is 0 Å². The number of halogens is 1. The van der Waals surface area contributed by atoms with Gasteiger partial charge in [0.25, 0.3) is 0 Å². The quantitative estimate of drug-likeness (QED) is 0.354. The fourth-order valence-electron chi connectivity index (χ4n) is 1.31. The van der Waals surface area contributed by atoms with Crippen LogP contribution in [0.5, 0.6) is 0 Å². The Labute approximate surface area is 106 Å². The van der Waals surface area contributed by atoms with Crippen molar-refractivity contribution in [2.45, 2.75) is 13.8 Å². The van der Waals surface area contributed by atoms with E-state index in [0.29, 0.717) is 5.02 Å². The lowest BCUT2D eigenvalue weighted by Crippen LogP contribution is -2.05. The second-order valence-corrected chi connectivity index (χ2v) is 4.04. The zero-order valence-electron chi connectivity index (χ0n) is 9.74. The summed E-state index contributed by atoms with van der Waals surface area (Å²) in [5.41, 5.74) is 1.16. The molecule has 1 aromatic carbocycles. The molecule has 0 spiro atoms. The van der Waals surface area contributed by atoms with E-state index in [1.807, 2.05) is 18.2 Å². The Morgan fingerprint density at radius 1 is 1.06 bits per heavy atom. The van der Waals surface area contributed by atoms with Crippen LogP contribution in [-0.2, 0) is 9.59 Å². The van der Waals surface area contributed by atoms with Gasteiger partial charge in [-0.1, -0.05) is 35.9 Å². The molecule has 0 aliphatic heterocycles. The van der Waals surface area contributed by atoms with Crippen molar-refractivity contribution in [3.05, 3.63) is 52.6 Å². The van der Waals surface area contributed by atoms with Crippen LogP contribution in [0.15, 0.2) is 42.0 Å². The van der Waals surface area contributed by atoms with Crippen LogP contribution in [0.3, 0.4) is 0 Å². The molecule has 0 saturated heterocycles. The lowest BCUT2D eigenvalue weighted by Gasteiger charge is -1.95. The van der Waals surface area contributed by atoms with Crippen LogP contribution in [0, 0.1) is 0 Å². The molecule has 0 radical (unpaired) electrons. The summed E-state index contributed by atoms with van der Waals surface area (Å²) in [4.78, 5) is 22.3. The summed E-state index contributed by atoms with van der Waals surface area (Å²) in [6, 6.07) is 7.27. The number of hydrogen-bond acceptors (Lipinski definition) is 2. The Balaban J connectivity index is 2.84. The van der Waals surface area contributed by atoms with E-state index >= 15 is 0 Å². The first kappa shape index (κ1) is 13.4. The summed E-state index contributed by atoms with van der Waals surface area (Å²) in [7, 11) is 0. The molecule has 0 aromatic heterocycles. The highest BCUT2D eigenvalue weighted by atomic mass is 35.5. The maximum absolute atomic E-state index is 11.1. The molecule has 0 amide bonds. The van der Waals surface area contributed by atoms with Crippen molar-refractivity contribution < 1.29 is 9.59 Å². The van der Waals surface area contributed by atoms with E-state index in [-0.39, 0.29) is 17.1 Å². The molecule has 0 N–H and O–H groups in total. The fourth-order valence-corrected chi connectivity index (χ4v) is 1.44. The van der Waals surface area contributed by atoms with Crippen LogP contribution in [0.4, 0.5) is 0 Å². The number of ketones is 2. The van der Waals surface area contributed by atoms with Crippen LogP contribution in [0.2, 0.25) is 5.02 Å². The molecule has 17 heavy (non-hydrogen) atoms. The van der Waals surface area contributed by atoms with E-state index in [1.54, 1.807) is 18.2 Å². The Bertz CT molecular complexity index is 465. The van der Waals surface area contributed by atoms with E-state index in [9.17, 15) is 9.59 Å². The Kier molecular flexibility index (Phi) is 4.85. The molecule has 0 atom stereocenters. The summed E-state index contributed by atoms with van der Waals surface area (Å²) in [6.45, 7) is 2.76. The molecule has 0 aliphatic rings. The van der Waals surface area contributed by atoms with Crippen molar-refractivity contribution in [2.75, 3.05) is 0 Å². The van der Waals surface area contributed by atoms with Crippen molar-refractivity contribution in [3.8, 4) is 0 Å². The molecule has 88 valence electrons. The van der Waals surface area contributed by atoms with Gasteiger partial charge in [0.05, 0.1) is 5.57 Å². The second kappa shape index (κ2) is 6.16. The summed E-state index contributed by atoms with van der Waals surface area (Å²) in [6.07, 6.45) is 5.02. The molecule has 1 aromatic rings. The average molecular weight is 249 g/mol. The molecule has 0 aliphatic carbocycles. The largest absolute Gasteiger partial charge is 0.294 e. The smallest absolute Gasteiger partial charge is 0.163 e. The van der Waals surface area contributed by atoms with Crippen LogP contribution in [0.1, 0.15) is 19.4 Å². The van der Waals surface area contributed by atoms with Gasteiger partial charge in [-0.3, -0.25) is 9.59 Å². The van der Waals surface area contributed by atoms with Gasteiger partial charge in [-0.2, -0.15) is 0 Å². The van der Waals surface area contributed by atoms with Gasteiger partial charge >= 0.3 is 0 Å². The normalized spacial score (nSPS) is 10.3. The summed E-state index contributed by atoms with van der Waals surface area (Å²) < 4.78 is 0. The number of rotatable bonds is 4. The third-order valence-electron chi connectivity index (χ3n) is 2.18. The Morgan fingerprint density at radius 2 is 1.59 bits per heavy atom. The van der Waals surface area contributed by atoms with Crippen molar-refractivity contribution >= 4 is 29.2 Å². The first-order chi connectivity index (χ1) is 8.00. The molecule has 0 bridgehead atoms. The van der Waals surface area contributed by atoms with Crippen molar-refractivity contribution in [1.29, 1.82) is 0 Å². The molecule has 3 heteroatoms. The van der Waals surface area contributed by atoms with Crippen LogP contribution in [0.25, 0.3) is 6.08 Å². The minimum absolute atomic E-state index is 0.204. The molecule has 0 fully saturated rings. The summed E-state index contributed by atoms with van der Waals surface area (Å²) >= 11 is 5.75. The van der Waals surface area contributed by atoms with E-state index in [4.69, 9.17) is 11.6 Å². The van der Waals surface area contributed by atoms with Gasteiger partial charge in [-0.25, -0.2) is 0 Å². The Morgan fingerprint density at radius 3 is 2.06 bits per heavy atom. The second-order valence-electron chi connectivity index (χ2n) is 3.60.